The molecule has 228 valence electrons. The van der Waals surface area contributed by atoms with Crippen molar-refractivity contribution in [1.29, 1.82) is 0 Å². The summed E-state index contributed by atoms with van der Waals surface area (Å²) in [6.45, 7) is 0. The molecule has 0 fully saturated rings. The number of aromatic hydroxyl groups is 1. The first-order valence-corrected chi connectivity index (χ1v) is 13.4. The van der Waals surface area contributed by atoms with Gasteiger partial charge < -0.3 is 42.0 Å². The maximum Gasteiger partial charge on any atom is 0.326 e. The number of aromatic amines is 1. The van der Waals surface area contributed by atoms with Crippen LogP contribution < -0.4 is 21.7 Å². The first-order chi connectivity index (χ1) is 20.5. The third-order valence-corrected chi connectivity index (χ3v) is 6.52. The molecule has 0 aliphatic heterocycles. The predicted molar refractivity (Wildman–Crippen MR) is 153 cm³/mol. The fourth-order valence-corrected chi connectivity index (χ4v) is 4.21. The highest BCUT2D eigenvalue weighted by atomic mass is 16.4. The number of carbonyl (C=O) groups is 5. The van der Waals surface area contributed by atoms with Crippen LogP contribution in [0.2, 0.25) is 0 Å². The van der Waals surface area contributed by atoms with E-state index in [4.69, 9.17) is 5.73 Å². The van der Waals surface area contributed by atoms with Gasteiger partial charge in [0, 0.05) is 37.6 Å². The minimum Gasteiger partial charge on any atom is -0.508 e. The lowest BCUT2D eigenvalue weighted by Crippen LogP contribution is -2.58. The molecule has 14 nitrogen and oxygen atoms in total. The number of amides is 3. The van der Waals surface area contributed by atoms with Crippen molar-refractivity contribution >= 4 is 29.7 Å². The number of nitrogens with two attached hydrogens (primary N) is 1. The van der Waals surface area contributed by atoms with E-state index in [0.29, 0.717) is 16.8 Å². The number of carboxylic acid groups (broad SMARTS) is 2. The van der Waals surface area contributed by atoms with E-state index in [0.717, 1.165) is 0 Å². The van der Waals surface area contributed by atoms with Crippen LogP contribution in [0, 0.1) is 0 Å². The van der Waals surface area contributed by atoms with Gasteiger partial charge in [-0.1, -0.05) is 42.5 Å². The van der Waals surface area contributed by atoms with Crippen molar-refractivity contribution in [3.05, 3.63) is 83.9 Å². The molecule has 3 amide bonds. The minimum absolute atomic E-state index is 0.00994. The number of phenolic OH excluding ortho intramolecular Hbond substituents is 1. The summed E-state index contributed by atoms with van der Waals surface area (Å²) in [5, 5.41) is 36.0. The average Bonchev–Trinajstić information content (AvgIpc) is 3.48. The lowest BCUT2D eigenvalue weighted by molar-refractivity contribution is -0.143. The Labute approximate surface area is 246 Å². The Bertz CT molecular complexity index is 1380. The molecule has 0 aliphatic carbocycles. The van der Waals surface area contributed by atoms with Gasteiger partial charge in [0.25, 0.3) is 0 Å². The molecular weight excluding hydrogens is 560 g/mol. The third kappa shape index (κ3) is 10.6. The van der Waals surface area contributed by atoms with E-state index in [1.54, 1.807) is 42.5 Å². The average molecular weight is 595 g/mol. The molecule has 1 aromatic heterocycles. The van der Waals surface area contributed by atoms with Gasteiger partial charge in [0.1, 0.15) is 23.9 Å². The van der Waals surface area contributed by atoms with E-state index in [1.165, 1.54) is 24.7 Å². The zero-order chi connectivity index (χ0) is 31.4. The number of nitrogens with one attached hydrogen (secondary N) is 4. The van der Waals surface area contributed by atoms with Crippen molar-refractivity contribution in [2.45, 2.75) is 56.3 Å². The molecule has 14 heteroatoms. The number of nitrogens with zero attached hydrogens (tertiary/aromatic N) is 1. The van der Waals surface area contributed by atoms with Crippen molar-refractivity contribution in [3.8, 4) is 5.75 Å². The number of hydrogen-bond donors (Lipinski definition) is 8. The molecule has 1 heterocycles. The maximum atomic E-state index is 13.5. The van der Waals surface area contributed by atoms with Crippen LogP contribution in [0.5, 0.6) is 5.75 Å². The van der Waals surface area contributed by atoms with Crippen molar-refractivity contribution in [2.75, 3.05) is 0 Å². The number of carbonyl (C=O) groups excluding carboxylic acids is 3. The SMILES string of the molecule is NC(Cc1cnc[nH]1)C(=O)NC(Cc1ccc(O)cc1)C(=O)NC(CCC(=O)O)C(=O)NC(Cc1ccccc1)C(=O)O. The fraction of sp³-hybridized carbons (Fsp3) is 0.310. The molecule has 0 spiro atoms. The summed E-state index contributed by atoms with van der Waals surface area (Å²) in [6, 6.07) is 9.36. The van der Waals surface area contributed by atoms with Crippen LogP contribution in [-0.2, 0) is 43.2 Å². The maximum absolute atomic E-state index is 13.5. The molecule has 0 bridgehead atoms. The van der Waals surface area contributed by atoms with Crippen LogP contribution in [0.1, 0.15) is 29.7 Å². The summed E-state index contributed by atoms with van der Waals surface area (Å²) in [6.07, 6.45) is 2.08. The molecule has 9 N–H and O–H groups in total. The van der Waals surface area contributed by atoms with E-state index in [1.807, 2.05) is 0 Å². The van der Waals surface area contributed by atoms with E-state index in [2.05, 4.69) is 25.9 Å². The number of phenols is 1. The first kappa shape index (κ1) is 32.3. The minimum atomic E-state index is -1.43. The van der Waals surface area contributed by atoms with Crippen LogP contribution in [0.15, 0.2) is 67.1 Å². The zero-order valence-corrected chi connectivity index (χ0v) is 23.1. The van der Waals surface area contributed by atoms with Crippen LogP contribution >= 0.6 is 0 Å². The van der Waals surface area contributed by atoms with Crippen molar-refractivity contribution in [2.24, 2.45) is 5.73 Å². The molecule has 0 radical (unpaired) electrons. The summed E-state index contributed by atoms with van der Waals surface area (Å²) in [5.41, 5.74) is 7.83. The Hall–Kier alpha value is -5.24. The topological polar surface area (TPSA) is 237 Å². The van der Waals surface area contributed by atoms with E-state index < -0.39 is 60.2 Å². The lowest BCUT2D eigenvalue weighted by Gasteiger charge is -2.25. The Balaban J connectivity index is 1.78. The van der Waals surface area contributed by atoms with E-state index in [-0.39, 0.29) is 31.4 Å². The highest BCUT2D eigenvalue weighted by Gasteiger charge is 2.31. The summed E-state index contributed by atoms with van der Waals surface area (Å²) in [4.78, 5) is 69.5. The fourth-order valence-electron chi connectivity index (χ4n) is 4.21. The quantitative estimate of drug-likeness (QED) is 0.109. The number of imidazole rings is 1. The summed E-state index contributed by atoms with van der Waals surface area (Å²) in [5.74, 6) is -4.95. The normalized spacial score (nSPS) is 13.6. The Kier molecular flexibility index (Phi) is 11.8. The van der Waals surface area contributed by atoms with Gasteiger partial charge in [0.2, 0.25) is 17.7 Å². The number of hydrogen-bond acceptors (Lipinski definition) is 8. The number of carboxylic acids is 2. The number of H-pyrrole nitrogens is 1. The summed E-state index contributed by atoms with van der Waals surface area (Å²) < 4.78 is 0. The van der Waals surface area contributed by atoms with Crippen molar-refractivity contribution < 1.29 is 39.3 Å². The second-order valence-electron chi connectivity index (χ2n) is 9.90. The second kappa shape index (κ2) is 15.7. The van der Waals surface area contributed by atoms with Crippen molar-refractivity contribution in [1.82, 2.24) is 25.9 Å². The number of aliphatic carboxylic acids is 2. The Morgan fingerprint density at radius 2 is 1.35 bits per heavy atom. The van der Waals surface area contributed by atoms with Gasteiger partial charge in [-0.15, -0.1) is 0 Å². The highest BCUT2D eigenvalue weighted by molar-refractivity contribution is 5.94. The Morgan fingerprint density at radius 1 is 0.767 bits per heavy atom. The van der Waals surface area contributed by atoms with Crippen molar-refractivity contribution in [3.63, 3.8) is 0 Å². The summed E-state index contributed by atoms with van der Waals surface area (Å²) >= 11 is 0. The van der Waals surface area contributed by atoms with Gasteiger partial charge in [0.05, 0.1) is 12.4 Å². The van der Waals surface area contributed by atoms with Crippen LogP contribution in [0.25, 0.3) is 0 Å². The largest absolute Gasteiger partial charge is 0.508 e. The highest BCUT2D eigenvalue weighted by Crippen LogP contribution is 2.13. The number of benzene rings is 2. The first-order valence-electron chi connectivity index (χ1n) is 13.4. The van der Waals surface area contributed by atoms with Crippen LogP contribution in [0.4, 0.5) is 0 Å². The van der Waals surface area contributed by atoms with Gasteiger partial charge in [0.15, 0.2) is 0 Å². The van der Waals surface area contributed by atoms with E-state index >= 15 is 0 Å². The van der Waals surface area contributed by atoms with Gasteiger partial charge in [-0.05, 0) is 29.7 Å². The van der Waals surface area contributed by atoms with Gasteiger partial charge in [-0.25, -0.2) is 9.78 Å². The van der Waals surface area contributed by atoms with Gasteiger partial charge in [-0.2, -0.15) is 0 Å². The number of rotatable bonds is 16. The van der Waals surface area contributed by atoms with Gasteiger partial charge >= 0.3 is 11.9 Å². The molecule has 0 saturated carbocycles. The van der Waals surface area contributed by atoms with Gasteiger partial charge in [-0.3, -0.25) is 19.2 Å². The molecule has 43 heavy (non-hydrogen) atoms. The molecular formula is C29H34N6O8. The van der Waals surface area contributed by atoms with E-state index in [9.17, 15) is 39.3 Å². The predicted octanol–water partition coefficient (Wildman–Crippen LogP) is -0.126. The number of aromatic nitrogens is 2. The monoisotopic (exact) mass is 594 g/mol. The molecule has 3 aromatic rings. The molecule has 0 saturated heterocycles. The zero-order valence-electron chi connectivity index (χ0n) is 23.1. The molecule has 4 atom stereocenters. The molecule has 0 aliphatic rings. The summed E-state index contributed by atoms with van der Waals surface area (Å²) in [7, 11) is 0. The van der Waals surface area contributed by atoms with Crippen LogP contribution in [-0.4, -0.2) is 79.1 Å². The molecule has 3 rings (SSSR count). The van der Waals surface area contributed by atoms with Crippen LogP contribution in [0.3, 0.4) is 0 Å². The second-order valence-corrected chi connectivity index (χ2v) is 9.90. The standard InChI is InChI=1S/C29H34N6O8/c30-21(14-19-15-31-16-32-19)26(39)34-23(12-18-6-8-20(36)9-7-18)28(41)33-22(10-11-25(37)38)27(40)35-24(29(42)43)13-17-4-2-1-3-5-17/h1-9,15-16,21-24,36H,10-14,30H2,(H,31,32)(H,33,41)(H,34,39)(H,35,40)(H,37,38)(H,42,43). The molecule has 4 unspecified atom stereocenters. The smallest absolute Gasteiger partial charge is 0.326 e. The molecule has 2 aromatic carbocycles. The lowest BCUT2D eigenvalue weighted by atomic mass is 10.0. The Morgan fingerprint density at radius 3 is 1.95 bits per heavy atom. The third-order valence-electron chi connectivity index (χ3n) is 6.52.